The summed E-state index contributed by atoms with van der Waals surface area (Å²) in [6.07, 6.45) is 7.07. The Morgan fingerprint density at radius 3 is 3.00 bits per heavy atom. The summed E-state index contributed by atoms with van der Waals surface area (Å²) in [5.41, 5.74) is 1.33. The van der Waals surface area contributed by atoms with Gasteiger partial charge in [-0.15, -0.1) is 0 Å². The lowest BCUT2D eigenvalue weighted by Gasteiger charge is -2.25. The standard InChI is InChI=1S/C17H29N3O/c1-3-8-18-11-14-7-10-21-17(14)13-20-9-6-15-4-5-16(12-20)19(15)2/h7,10,15-16,18H,3-6,8-9,11-13H2,1-2H3. The minimum absolute atomic E-state index is 0.745. The Bertz CT molecular complexity index is 445. The summed E-state index contributed by atoms with van der Waals surface area (Å²) in [5.74, 6) is 1.15. The summed E-state index contributed by atoms with van der Waals surface area (Å²) >= 11 is 0. The van der Waals surface area contributed by atoms with Crippen LogP contribution < -0.4 is 5.32 Å². The Morgan fingerprint density at radius 1 is 1.29 bits per heavy atom. The SMILES string of the molecule is CCCNCc1ccoc1CN1CCC2CCC(C1)N2C. The minimum atomic E-state index is 0.745. The molecule has 2 bridgehead atoms. The first-order chi connectivity index (χ1) is 10.3. The first-order valence-electron chi connectivity index (χ1n) is 8.48. The molecule has 2 unspecified atom stereocenters. The van der Waals surface area contributed by atoms with Crippen molar-refractivity contribution in [3.8, 4) is 0 Å². The van der Waals surface area contributed by atoms with Crippen molar-refractivity contribution in [1.29, 1.82) is 0 Å². The monoisotopic (exact) mass is 291 g/mol. The Balaban J connectivity index is 1.58. The number of rotatable bonds is 6. The van der Waals surface area contributed by atoms with Crippen LogP contribution in [0.1, 0.15) is 43.9 Å². The normalized spacial score (nSPS) is 27.1. The first-order valence-corrected chi connectivity index (χ1v) is 8.48. The van der Waals surface area contributed by atoms with Crippen LogP contribution in [-0.2, 0) is 13.1 Å². The molecule has 2 fully saturated rings. The molecule has 0 spiro atoms. The molecular formula is C17H29N3O. The number of likely N-dealkylation sites (tertiary alicyclic amines) is 1. The molecule has 118 valence electrons. The lowest BCUT2D eigenvalue weighted by molar-refractivity contribution is 0.204. The maximum Gasteiger partial charge on any atom is 0.122 e. The fourth-order valence-electron chi connectivity index (χ4n) is 3.79. The smallest absolute Gasteiger partial charge is 0.122 e. The van der Waals surface area contributed by atoms with Crippen LogP contribution in [0.5, 0.6) is 0 Å². The predicted molar refractivity (Wildman–Crippen MR) is 85.2 cm³/mol. The molecular weight excluding hydrogens is 262 g/mol. The van der Waals surface area contributed by atoms with Crippen molar-refractivity contribution in [2.45, 2.75) is 57.8 Å². The van der Waals surface area contributed by atoms with Crippen molar-refractivity contribution in [2.75, 3.05) is 26.7 Å². The van der Waals surface area contributed by atoms with Crippen LogP contribution in [0.15, 0.2) is 16.7 Å². The number of nitrogens with one attached hydrogen (secondary N) is 1. The number of likely N-dealkylation sites (N-methyl/N-ethyl adjacent to an activating group) is 1. The summed E-state index contributed by atoms with van der Waals surface area (Å²) in [6, 6.07) is 3.67. The van der Waals surface area contributed by atoms with Gasteiger partial charge in [0.15, 0.2) is 0 Å². The van der Waals surface area contributed by atoms with Crippen LogP contribution in [0.2, 0.25) is 0 Å². The van der Waals surface area contributed by atoms with Gasteiger partial charge in [-0.3, -0.25) is 9.80 Å². The highest BCUT2D eigenvalue weighted by molar-refractivity contribution is 5.17. The molecule has 2 aliphatic rings. The van der Waals surface area contributed by atoms with Gasteiger partial charge in [0.05, 0.1) is 12.8 Å². The second-order valence-electron chi connectivity index (χ2n) is 6.62. The van der Waals surface area contributed by atoms with Gasteiger partial charge in [0.2, 0.25) is 0 Å². The molecule has 4 heteroatoms. The van der Waals surface area contributed by atoms with Gasteiger partial charge in [-0.05, 0) is 45.3 Å². The molecule has 4 nitrogen and oxygen atoms in total. The maximum absolute atomic E-state index is 5.75. The highest BCUT2D eigenvalue weighted by atomic mass is 16.3. The zero-order valence-corrected chi connectivity index (χ0v) is 13.5. The highest BCUT2D eigenvalue weighted by Crippen LogP contribution is 2.29. The lowest BCUT2D eigenvalue weighted by atomic mass is 10.1. The summed E-state index contributed by atoms with van der Waals surface area (Å²) in [5, 5.41) is 3.47. The predicted octanol–water partition coefficient (Wildman–Crippen LogP) is 2.45. The molecule has 0 radical (unpaired) electrons. The van der Waals surface area contributed by atoms with E-state index in [0.29, 0.717) is 0 Å². The Hall–Kier alpha value is -0.840. The average Bonchev–Trinajstić information content (AvgIpc) is 2.99. The topological polar surface area (TPSA) is 31.7 Å². The van der Waals surface area contributed by atoms with Gasteiger partial charge in [0.25, 0.3) is 0 Å². The molecule has 0 aliphatic carbocycles. The third-order valence-electron chi connectivity index (χ3n) is 5.18. The number of furan rings is 1. The number of nitrogens with zero attached hydrogens (tertiary/aromatic N) is 2. The van der Waals surface area contributed by atoms with E-state index in [0.717, 1.165) is 37.5 Å². The van der Waals surface area contributed by atoms with E-state index in [4.69, 9.17) is 4.42 Å². The molecule has 2 aliphatic heterocycles. The Labute approximate surface area is 128 Å². The van der Waals surface area contributed by atoms with Gasteiger partial charge in [0.1, 0.15) is 5.76 Å². The maximum atomic E-state index is 5.75. The van der Waals surface area contributed by atoms with E-state index >= 15 is 0 Å². The van der Waals surface area contributed by atoms with Gasteiger partial charge in [-0.2, -0.15) is 0 Å². The van der Waals surface area contributed by atoms with E-state index in [2.05, 4.69) is 35.2 Å². The molecule has 2 saturated heterocycles. The summed E-state index contributed by atoms with van der Waals surface area (Å²) in [4.78, 5) is 5.19. The van der Waals surface area contributed by atoms with Gasteiger partial charge < -0.3 is 9.73 Å². The molecule has 0 amide bonds. The van der Waals surface area contributed by atoms with Crippen molar-refractivity contribution in [1.82, 2.24) is 15.1 Å². The van der Waals surface area contributed by atoms with Crippen LogP contribution in [0.25, 0.3) is 0 Å². The first kappa shape index (κ1) is 15.1. The summed E-state index contributed by atoms with van der Waals surface area (Å²) < 4.78 is 5.75. The van der Waals surface area contributed by atoms with E-state index in [-0.39, 0.29) is 0 Å². The molecule has 0 saturated carbocycles. The van der Waals surface area contributed by atoms with E-state index < -0.39 is 0 Å². The largest absolute Gasteiger partial charge is 0.468 e. The highest BCUT2D eigenvalue weighted by Gasteiger charge is 2.34. The van der Waals surface area contributed by atoms with Crippen LogP contribution >= 0.6 is 0 Å². The molecule has 3 rings (SSSR count). The van der Waals surface area contributed by atoms with Crippen LogP contribution in [0, 0.1) is 0 Å². The lowest BCUT2D eigenvalue weighted by Crippen LogP contribution is -2.36. The number of hydrogen-bond donors (Lipinski definition) is 1. The third-order valence-corrected chi connectivity index (χ3v) is 5.18. The van der Waals surface area contributed by atoms with Crippen LogP contribution in [0.3, 0.4) is 0 Å². The molecule has 21 heavy (non-hydrogen) atoms. The Morgan fingerprint density at radius 2 is 2.14 bits per heavy atom. The summed E-state index contributed by atoms with van der Waals surface area (Å²) in [7, 11) is 2.30. The van der Waals surface area contributed by atoms with Crippen molar-refractivity contribution in [2.24, 2.45) is 0 Å². The van der Waals surface area contributed by atoms with Gasteiger partial charge >= 0.3 is 0 Å². The van der Waals surface area contributed by atoms with Crippen molar-refractivity contribution in [3.05, 3.63) is 23.7 Å². The van der Waals surface area contributed by atoms with E-state index in [9.17, 15) is 0 Å². The van der Waals surface area contributed by atoms with Crippen molar-refractivity contribution < 1.29 is 4.42 Å². The van der Waals surface area contributed by atoms with Crippen LogP contribution in [-0.4, -0.2) is 48.6 Å². The van der Waals surface area contributed by atoms with Gasteiger partial charge in [-0.25, -0.2) is 0 Å². The zero-order valence-electron chi connectivity index (χ0n) is 13.5. The van der Waals surface area contributed by atoms with E-state index in [1.54, 1.807) is 0 Å². The molecule has 1 aromatic rings. The van der Waals surface area contributed by atoms with Gasteiger partial charge in [-0.1, -0.05) is 6.92 Å². The zero-order chi connectivity index (χ0) is 14.7. The second-order valence-corrected chi connectivity index (χ2v) is 6.62. The Kier molecular flexibility index (Phi) is 4.99. The average molecular weight is 291 g/mol. The molecule has 1 N–H and O–H groups in total. The second kappa shape index (κ2) is 6.95. The van der Waals surface area contributed by atoms with E-state index in [1.807, 2.05) is 6.26 Å². The van der Waals surface area contributed by atoms with Crippen LogP contribution in [0.4, 0.5) is 0 Å². The van der Waals surface area contributed by atoms with Crippen molar-refractivity contribution in [3.63, 3.8) is 0 Å². The molecule has 2 atom stereocenters. The van der Waals surface area contributed by atoms with Gasteiger partial charge in [0, 0.05) is 37.3 Å². The number of fused-ring (bicyclic) bond motifs is 2. The summed E-state index contributed by atoms with van der Waals surface area (Å²) in [6.45, 7) is 7.56. The third kappa shape index (κ3) is 3.50. The number of hydrogen-bond acceptors (Lipinski definition) is 4. The fraction of sp³-hybridized carbons (Fsp3) is 0.765. The molecule has 1 aromatic heterocycles. The molecule has 3 heterocycles. The van der Waals surface area contributed by atoms with Crippen molar-refractivity contribution >= 4 is 0 Å². The quantitative estimate of drug-likeness (QED) is 0.816. The molecule has 0 aromatic carbocycles. The van der Waals surface area contributed by atoms with E-state index in [1.165, 1.54) is 44.3 Å². The minimum Gasteiger partial charge on any atom is -0.468 e. The fourth-order valence-corrected chi connectivity index (χ4v) is 3.79.